The Morgan fingerprint density at radius 1 is 0.895 bits per heavy atom. The van der Waals surface area contributed by atoms with Gasteiger partial charge < -0.3 is 28.7 Å². The number of methoxy groups -OCH3 is 4. The second-order valence-electron chi connectivity index (χ2n) is 9.16. The number of carbonyl (C=O) groups excluding carboxylic acids is 4. The largest absolute Gasteiger partial charge is 0.468 e. The first-order chi connectivity index (χ1) is 17.8. The zero-order chi connectivity index (χ0) is 28.5. The molecule has 1 atom stereocenters. The molecule has 1 aliphatic rings. The van der Waals surface area contributed by atoms with Crippen LogP contribution in [-0.4, -0.2) is 57.9 Å². The van der Waals surface area contributed by atoms with Gasteiger partial charge in [-0.1, -0.05) is 11.6 Å². The highest BCUT2D eigenvalue weighted by Gasteiger charge is 2.44. The number of nitrogens with one attached hydrogen (secondary N) is 1. The molecule has 0 aliphatic heterocycles. The molecule has 1 unspecified atom stereocenters. The third-order valence-electron chi connectivity index (χ3n) is 5.58. The van der Waals surface area contributed by atoms with Crippen molar-refractivity contribution < 1.29 is 42.5 Å². The van der Waals surface area contributed by atoms with E-state index in [-0.39, 0.29) is 26.9 Å². The quantitative estimate of drug-likeness (QED) is 0.417. The third kappa shape index (κ3) is 5.01. The summed E-state index contributed by atoms with van der Waals surface area (Å²) in [7, 11) is 4.12. The Hall–Kier alpha value is -4.12. The van der Waals surface area contributed by atoms with E-state index in [0.717, 1.165) is 28.4 Å². The summed E-state index contributed by atoms with van der Waals surface area (Å²) in [6.07, 6.45) is 0. The van der Waals surface area contributed by atoms with Gasteiger partial charge in [0.15, 0.2) is 5.42 Å². The van der Waals surface area contributed by atoms with Gasteiger partial charge in [0, 0.05) is 16.3 Å². The van der Waals surface area contributed by atoms with Crippen molar-refractivity contribution >= 4 is 57.7 Å². The topological polar surface area (TPSA) is 147 Å². The lowest BCUT2D eigenvalue weighted by Gasteiger charge is -2.29. The normalized spacial score (nSPS) is 15.4. The molecule has 1 aromatic carbocycles. The van der Waals surface area contributed by atoms with E-state index in [4.69, 9.17) is 35.0 Å². The van der Waals surface area contributed by atoms with Gasteiger partial charge in [-0.05, 0) is 39.0 Å². The molecule has 0 bridgehead atoms. The summed E-state index contributed by atoms with van der Waals surface area (Å²) in [5, 5.41) is 2.98. The minimum atomic E-state index is -1.75. The minimum Gasteiger partial charge on any atom is -0.468 e. The molecule has 0 saturated carbocycles. The minimum absolute atomic E-state index is 0.00927. The molecule has 202 valence electrons. The van der Waals surface area contributed by atoms with Gasteiger partial charge in [0.25, 0.3) is 0 Å². The van der Waals surface area contributed by atoms with Crippen molar-refractivity contribution in [1.29, 1.82) is 0 Å². The van der Waals surface area contributed by atoms with Gasteiger partial charge in [-0.2, -0.15) is 0 Å². The van der Waals surface area contributed by atoms with Crippen molar-refractivity contribution in [3.8, 4) is 0 Å². The number of fused-ring (bicyclic) bond motifs is 2. The highest BCUT2D eigenvalue weighted by molar-refractivity contribution is 6.31. The molecule has 0 saturated heterocycles. The summed E-state index contributed by atoms with van der Waals surface area (Å²) in [4.78, 5) is 67.0. The Morgan fingerprint density at radius 2 is 1.47 bits per heavy atom. The van der Waals surface area contributed by atoms with Gasteiger partial charge in [-0.3, -0.25) is 9.59 Å². The van der Waals surface area contributed by atoms with Crippen LogP contribution in [0.15, 0.2) is 38.6 Å². The molecule has 11 nitrogen and oxygen atoms in total. The first-order valence-corrected chi connectivity index (χ1v) is 11.5. The van der Waals surface area contributed by atoms with Crippen LogP contribution in [0.2, 0.25) is 5.02 Å². The average Bonchev–Trinajstić information content (AvgIpc) is 2.99. The van der Waals surface area contributed by atoms with Crippen molar-refractivity contribution in [2.75, 3.05) is 28.4 Å². The number of rotatable bonds is 5. The zero-order valence-electron chi connectivity index (χ0n) is 21.8. The van der Waals surface area contributed by atoms with Crippen molar-refractivity contribution in [3.05, 3.63) is 55.2 Å². The van der Waals surface area contributed by atoms with Crippen LogP contribution < -0.4 is 21.4 Å². The maximum absolute atomic E-state index is 14.0. The van der Waals surface area contributed by atoms with E-state index in [1.54, 1.807) is 20.8 Å². The molecule has 1 heterocycles. The van der Waals surface area contributed by atoms with Crippen LogP contribution in [0.3, 0.4) is 0 Å². The molecule has 0 radical (unpaired) electrons. The van der Waals surface area contributed by atoms with Crippen LogP contribution in [0.1, 0.15) is 20.8 Å². The van der Waals surface area contributed by atoms with Crippen LogP contribution in [-0.2, 0) is 38.1 Å². The molecule has 0 fully saturated rings. The Bertz CT molecular complexity index is 1580. The van der Waals surface area contributed by atoms with Crippen LogP contribution in [0, 0.1) is 5.92 Å². The second kappa shape index (κ2) is 10.7. The summed E-state index contributed by atoms with van der Waals surface area (Å²) in [5.41, 5.74) is -4.06. The lowest BCUT2D eigenvalue weighted by Crippen LogP contribution is -2.50. The summed E-state index contributed by atoms with van der Waals surface area (Å²) in [6, 6.07) is 4.21. The fraction of sp³-hybridized carbons (Fsp3) is 0.346. The van der Waals surface area contributed by atoms with Gasteiger partial charge in [0.2, 0.25) is 5.43 Å². The zero-order valence-corrected chi connectivity index (χ0v) is 22.5. The van der Waals surface area contributed by atoms with E-state index in [2.05, 4.69) is 5.32 Å². The van der Waals surface area contributed by atoms with Gasteiger partial charge in [-0.25, -0.2) is 14.4 Å². The second-order valence-corrected chi connectivity index (χ2v) is 9.60. The van der Waals surface area contributed by atoms with Crippen LogP contribution >= 0.6 is 11.6 Å². The maximum atomic E-state index is 14.0. The molecular formula is C26H26ClNO10. The molecule has 0 spiro atoms. The number of ether oxygens (including phenoxy) is 4. The van der Waals surface area contributed by atoms with Gasteiger partial charge in [-0.15, -0.1) is 0 Å². The number of esters is 4. The fourth-order valence-corrected chi connectivity index (χ4v) is 4.27. The van der Waals surface area contributed by atoms with E-state index in [1.165, 1.54) is 18.2 Å². The molecule has 1 N–H and O–H groups in total. The lowest BCUT2D eigenvalue weighted by atomic mass is 9.88. The molecule has 1 aromatic heterocycles. The Labute approximate surface area is 221 Å². The number of benzene rings is 1. The maximum Gasteiger partial charge on any atom is 0.342 e. The number of hydrogen-bond acceptors (Lipinski definition) is 11. The molecule has 2 aromatic rings. The van der Waals surface area contributed by atoms with E-state index in [1.807, 2.05) is 0 Å². The van der Waals surface area contributed by atoms with Crippen LogP contribution in [0.5, 0.6) is 0 Å². The highest BCUT2D eigenvalue weighted by atomic mass is 35.5. The molecule has 3 rings (SSSR count). The summed E-state index contributed by atoms with van der Waals surface area (Å²) >= 11 is 6.13. The van der Waals surface area contributed by atoms with Gasteiger partial charge >= 0.3 is 23.9 Å². The first-order valence-electron chi connectivity index (χ1n) is 11.2. The molecule has 38 heavy (non-hydrogen) atoms. The Morgan fingerprint density at radius 3 is 2.00 bits per heavy atom. The first kappa shape index (κ1) is 28.5. The standard InChI is InChI=1S/C26H26ClNO10/c1-26(2,3)28-19-16(24(32)36-6)14(22(30)34-4)15(23(31)35-5)17(25(33)37-7)21-18(19)20(29)12-10-11(27)8-9-13(12)38-21/h8-10,16,28H,1-7H3. The summed E-state index contributed by atoms with van der Waals surface area (Å²) in [5.74, 6) is -6.29. The van der Waals surface area contributed by atoms with Crippen molar-refractivity contribution in [3.63, 3.8) is 0 Å². The summed E-state index contributed by atoms with van der Waals surface area (Å²) in [6.45, 7) is 5.18. The van der Waals surface area contributed by atoms with Crippen molar-refractivity contribution in [2.45, 2.75) is 26.3 Å². The SMILES string of the molecule is COC(=O)C1=C(C(=O)OC)C(C(=O)OC)C(NC(C)(C)C)=c2c(oc3ccc(Cl)cc3c2=O)=C1C(=O)OC. The Kier molecular flexibility index (Phi) is 8.01. The molecule has 12 heteroatoms. The predicted octanol–water partition coefficient (Wildman–Crippen LogP) is 0.712. The average molecular weight is 548 g/mol. The predicted molar refractivity (Wildman–Crippen MR) is 135 cm³/mol. The lowest BCUT2D eigenvalue weighted by molar-refractivity contribution is -0.146. The molecule has 0 amide bonds. The number of hydrogen-bond donors (Lipinski definition) is 1. The van der Waals surface area contributed by atoms with Crippen molar-refractivity contribution in [2.24, 2.45) is 5.92 Å². The Balaban J connectivity index is 2.89. The number of carbonyl (C=O) groups is 4. The van der Waals surface area contributed by atoms with Gasteiger partial charge in [0.05, 0.1) is 50.2 Å². The molecular weight excluding hydrogens is 522 g/mol. The van der Waals surface area contributed by atoms with E-state index in [0.29, 0.717) is 0 Å². The van der Waals surface area contributed by atoms with E-state index >= 15 is 0 Å². The summed E-state index contributed by atoms with van der Waals surface area (Å²) < 4.78 is 25.7. The van der Waals surface area contributed by atoms with Crippen LogP contribution in [0.25, 0.3) is 22.2 Å². The third-order valence-corrected chi connectivity index (χ3v) is 5.81. The highest BCUT2D eigenvalue weighted by Crippen LogP contribution is 2.32. The van der Waals surface area contributed by atoms with Crippen molar-refractivity contribution in [1.82, 2.24) is 5.32 Å². The van der Waals surface area contributed by atoms with Crippen LogP contribution in [0.4, 0.5) is 0 Å². The monoisotopic (exact) mass is 547 g/mol. The fourth-order valence-electron chi connectivity index (χ4n) is 4.10. The van der Waals surface area contributed by atoms with Gasteiger partial charge in [0.1, 0.15) is 17.1 Å². The number of halogens is 1. The van der Waals surface area contributed by atoms with E-state index in [9.17, 15) is 24.0 Å². The smallest absolute Gasteiger partial charge is 0.342 e. The van der Waals surface area contributed by atoms with E-state index < -0.39 is 62.9 Å². The molecule has 1 aliphatic carbocycles.